The van der Waals surface area contributed by atoms with Gasteiger partial charge in [0.05, 0.1) is 13.0 Å². The number of esters is 1. The van der Waals surface area contributed by atoms with E-state index in [1.54, 1.807) is 14.0 Å². The first-order valence-electron chi connectivity index (χ1n) is 4.71. The minimum absolute atomic E-state index is 0.0446. The Morgan fingerprint density at radius 3 is 2.50 bits per heavy atom. The Balaban J connectivity index is 3.67. The Morgan fingerprint density at radius 2 is 2.00 bits per heavy atom. The summed E-state index contributed by atoms with van der Waals surface area (Å²) < 4.78 is 4.73. The molecule has 0 unspecified atom stereocenters. The molecule has 0 bridgehead atoms. The van der Waals surface area contributed by atoms with Crippen molar-refractivity contribution < 1.29 is 14.3 Å². The number of hydrogen-bond donors (Lipinski definition) is 1. The lowest BCUT2D eigenvalue weighted by molar-refractivity contribution is -0.143. The second kappa shape index (κ2) is 7.32. The third kappa shape index (κ3) is 5.53. The van der Waals surface area contributed by atoms with Crippen LogP contribution in [0.5, 0.6) is 0 Å². The number of ether oxygens (including phenoxy) is 1. The highest BCUT2D eigenvalue weighted by molar-refractivity contribution is 5.77. The van der Waals surface area contributed by atoms with E-state index in [-0.39, 0.29) is 18.3 Å². The number of carbonyl (C=O) groups excluding carboxylic acids is 2. The summed E-state index contributed by atoms with van der Waals surface area (Å²) in [6.45, 7) is 2.85. The molecule has 0 aliphatic heterocycles. The number of carbonyl (C=O) groups is 2. The quantitative estimate of drug-likeness (QED) is 0.603. The van der Waals surface area contributed by atoms with Gasteiger partial charge in [-0.2, -0.15) is 0 Å². The van der Waals surface area contributed by atoms with E-state index in [4.69, 9.17) is 10.5 Å². The summed E-state index contributed by atoms with van der Waals surface area (Å²) in [6.07, 6.45) is 0.556. The minimum Gasteiger partial charge on any atom is -0.466 e. The van der Waals surface area contributed by atoms with E-state index in [0.717, 1.165) is 0 Å². The van der Waals surface area contributed by atoms with Crippen LogP contribution < -0.4 is 5.73 Å². The summed E-state index contributed by atoms with van der Waals surface area (Å²) in [5.41, 5.74) is 5.23. The first kappa shape index (κ1) is 12.9. The minimum atomic E-state index is -0.278. The van der Waals surface area contributed by atoms with Crippen LogP contribution in [0.25, 0.3) is 0 Å². The van der Waals surface area contributed by atoms with Crippen LogP contribution in [0.2, 0.25) is 0 Å². The molecule has 0 radical (unpaired) electrons. The molecule has 0 saturated carbocycles. The molecule has 5 nitrogen and oxygen atoms in total. The van der Waals surface area contributed by atoms with Crippen molar-refractivity contribution in [3.05, 3.63) is 0 Å². The van der Waals surface area contributed by atoms with Gasteiger partial charge in [-0.1, -0.05) is 0 Å². The fourth-order valence-corrected chi connectivity index (χ4v) is 0.931. The Hall–Kier alpha value is -1.10. The van der Waals surface area contributed by atoms with Gasteiger partial charge in [0.25, 0.3) is 0 Å². The van der Waals surface area contributed by atoms with Gasteiger partial charge in [-0.05, 0) is 6.92 Å². The van der Waals surface area contributed by atoms with Gasteiger partial charge in [0.2, 0.25) is 5.91 Å². The normalized spacial score (nSPS) is 9.64. The molecule has 2 N–H and O–H groups in total. The van der Waals surface area contributed by atoms with E-state index in [0.29, 0.717) is 26.1 Å². The van der Waals surface area contributed by atoms with E-state index in [1.165, 1.54) is 4.90 Å². The van der Waals surface area contributed by atoms with E-state index >= 15 is 0 Å². The second-order valence-electron chi connectivity index (χ2n) is 2.91. The van der Waals surface area contributed by atoms with Crippen LogP contribution in [0.1, 0.15) is 19.8 Å². The third-order valence-electron chi connectivity index (χ3n) is 1.74. The summed E-state index contributed by atoms with van der Waals surface area (Å²) in [5.74, 6) is -0.323. The van der Waals surface area contributed by atoms with Crippen molar-refractivity contribution in [3.63, 3.8) is 0 Å². The first-order chi connectivity index (χ1) is 6.61. The molecule has 1 amide bonds. The van der Waals surface area contributed by atoms with Gasteiger partial charge in [-0.25, -0.2) is 0 Å². The van der Waals surface area contributed by atoms with E-state index in [1.807, 2.05) is 0 Å². The number of nitrogens with zero attached hydrogens (tertiary/aromatic N) is 1. The zero-order chi connectivity index (χ0) is 11.0. The molecular formula is C9H18N2O3. The lowest BCUT2D eigenvalue weighted by atomic mass is 10.3. The highest BCUT2D eigenvalue weighted by Gasteiger charge is 2.09. The van der Waals surface area contributed by atoms with Gasteiger partial charge in [0, 0.05) is 26.6 Å². The summed E-state index contributed by atoms with van der Waals surface area (Å²) in [7, 11) is 1.65. The molecule has 0 saturated heterocycles. The molecule has 0 aromatic carbocycles. The van der Waals surface area contributed by atoms with Gasteiger partial charge < -0.3 is 15.4 Å². The summed E-state index contributed by atoms with van der Waals surface area (Å²) in [6, 6.07) is 0. The van der Waals surface area contributed by atoms with Crippen LogP contribution in [-0.2, 0) is 14.3 Å². The standard InChI is InChI=1S/C9H18N2O3/c1-3-14-9(13)5-7-11(2)8(12)4-6-10/h3-7,10H2,1-2H3. The zero-order valence-electron chi connectivity index (χ0n) is 8.78. The van der Waals surface area contributed by atoms with Gasteiger partial charge in [0.15, 0.2) is 0 Å². The van der Waals surface area contributed by atoms with E-state index in [2.05, 4.69) is 0 Å². The third-order valence-corrected chi connectivity index (χ3v) is 1.74. The number of nitrogens with two attached hydrogens (primary N) is 1. The van der Waals surface area contributed by atoms with Crippen LogP contribution in [0.4, 0.5) is 0 Å². The van der Waals surface area contributed by atoms with Crippen molar-refractivity contribution in [1.82, 2.24) is 4.90 Å². The molecule has 0 rings (SSSR count). The fraction of sp³-hybridized carbons (Fsp3) is 0.778. The van der Waals surface area contributed by atoms with Gasteiger partial charge >= 0.3 is 5.97 Å². The molecule has 0 atom stereocenters. The van der Waals surface area contributed by atoms with Crippen molar-refractivity contribution in [1.29, 1.82) is 0 Å². The van der Waals surface area contributed by atoms with Gasteiger partial charge in [0.1, 0.15) is 0 Å². The molecular weight excluding hydrogens is 184 g/mol. The average molecular weight is 202 g/mol. The molecule has 14 heavy (non-hydrogen) atoms. The Kier molecular flexibility index (Phi) is 6.74. The molecule has 0 aromatic heterocycles. The maximum Gasteiger partial charge on any atom is 0.307 e. The van der Waals surface area contributed by atoms with E-state index in [9.17, 15) is 9.59 Å². The highest BCUT2D eigenvalue weighted by Crippen LogP contribution is 1.94. The smallest absolute Gasteiger partial charge is 0.307 e. The molecule has 0 aromatic rings. The monoisotopic (exact) mass is 202 g/mol. The van der Waals surface area contributed by atoms with Crippen molar-refractivity contribution >= 4 is 11.9 Å². The SMILES string of the molecule is CCOC(=O)CCN(C)C(=O)CCN. The second-order valence-corrected chi connectivity index (χ2v) is 2.91. The Bertz CT molecular complexity index is 194. The molecule has 5 heteroatoms. The van der Waals surface area contributed by atoms with Crippen LogP contribution in [0.3, 0.4) is 0 Å². The topological polar surface area (TPSA) is 72.6 Å². The molecule has 0 fully saturated rings. The molecule has 0 spiro atoms. The largest absolute Gasteiger partial charge is 0.466 e. The van der Waals surface area contributed by atoms with Crippen LogP contribution in [-0.4, -0.2) is 43.5 Å². The van der Waals surface area contributed by atoms with Crippen LogP contribution in [0.15, 0.2) is 0 Å². The maximum atomic E-state index is 11.2. The molecule has 82 valence electrons. The lowest BCUT2D eigenvalue weighted by Crippen LogP contribution is -2.30. The van der Waals surface area contributed by atoms with Crippen molar-refractivity contribution in [2.75, 3.05) is 26.7 Å². The Labute approximate surface area is 84.2 Å². The summed E-state index contributed by atoms with van der Waals surface area (Å²) in [5, 5.41) is 0. The summed E-state index contributed by atoms with van der Waals surface area (Å²) in [4.78, 5) is 23.6. The zero-order valence-corrected chi connectivity index (χ0v) is 8.78. The predicted octanol–water partition coefficient (Wildman–Crippen LogP) is -0.253. The predicted molar refractivity (Wildman–Crippen MR) is 52.6 cm³/mol. The van der Waals surface area contributed by atoms with Gasteiger partial charge in [-0.15, -0.1) is 0 Å². The number of hydrogen-bond acceptors (Lipinski definition) is 4. The van der Waals surface area contributed by atoms with Crippen LogP contribution >= 0.6 is 0 Å². The highest BCUT2D eigenvalue weighted by atomic mass is 16.5. The van der Waals surface area contributed by atoms with E-state index < -0.39 is 0 Å². The van der Waals surface area contributed by atoms with Crippen molar-refractivity contribution in [2.45, 2.75) is 19.8 Å². The van der Waals surface area contributed by atoms with Crippen LogP contribution in [0, 0.1) is 0 Å². The molecule has 0 heterocycles. The number of rotatable bonds is 6. The number of amides is 1. The average Bonchev–Trinajstić information content (AvgIpc) is 2.15. The fourth-order valence-electron chi connectivity index (χ4n) is 0.931. The summed E-state index contributed by atoms with van der Waals surface area (Å²) >= 11 is 0. The Morgan fingerprint density at radius 1 is 1.36 bits per heavy atom. The molecule has 0 aliphatic carbocycles. The van der Waals surface area contributed by atoms with Crippen molar-refractivity contribution in [2.24, 2.45) is 5.73 Å². The molecule has 0 aliphatic rings. The lowest BCUT2D eigenvalue weighted by Gasteiger charge is -2.15. The maximum absolute atomic E-state index is 11.2. The first-order valence-corrected chi connectivity index (χ1v) is 4.71. The van der Waals surface area contributed by atoms with Crippen molar-refractivity contribution in [3.8, 4) is 0 Å². The van der Waals surface area contributed by atoms with Gasteiger partial charge in [-0.3, -0.25) is 9.59 Å².